The SMILES string of the molecule is CCOC(=O)CN1C(=O)/C(=C/c2ccc(OC)cc2)NC1=S. The van der Waals surface area contributed by atoms with Crippen molar-refractivity contribution in [3.8, 4) is 5.75 Å². The molecule has 1 aromatic rings. The van der Waals surface area contributed by atoms with Crippen molar-refractivity contribution < 1.29 is 19.1 Å². The second-order valence-corrected chi connectivity index (χ2v) is 4.84. The summed E-state index contributed by atoms with van der Waals surface area (Å²) < 4.78 is 9.90. The van der Waals surface area contributed by atoms with Crippen molar-refractivity contribution in [3.63, 3.8) is 0 Å². The van der Waals surface area contributed by atoms with Gasteiger partial charge in [-0.1, -0.05) is 12.1 Å². The van der Waals surface area contributed by atoms with Crippen LogP contribution in [-0.2, 0) is 14.3 Å². The van der Waals surface area contributed by atoms with E-state index in [1.165, 1.54) is 4.90 Å². The van der Waals surface area contributed by atoms with Gasteiger partial charge in [-0.2, -0.15) is 0 Å². The number of nitrogens with one attached hydrogen (secondary N) is 1. The van der Waals surface area contributed by atoms with Crippen LogP contribution in [0.3, 0.4) is 0 Å². The number of esters is 1. The molecule has 116 valence electrons. The Morgan fingerprint density at radius 3 is 2.64 bits per heavy atom. The average Bonchev–Trinajstić information content (AvgIpc) is 2.76. The summed E-state index contributed by atoms with van der Waals surface area (Å²) in [4.78, 5) is 24.9. The van der Waals surface area contributed by atoms with Crippen molar-refractivity contribution in [1.29, 1.82) is 0 Å². The third-order valence-corrected chi connectivity index (χ3v) is 3.30. The van der Waals surface area contributed by atoms with E-state index in [0.717, 1.165) is 11.3 Å². The lowest BCUT2D eigenvalue weighted by molar-refractivity contribution is -0.145. The number of hydrogen-bond acceptors (Lipinski definition) is 5. The summed E-state index contributed by atoms with van der Waals surface area (Å²) in [6.07, 6.45) is 1.67. The highest BCUT2D eigenvalue weighted by atomic mass is 32.1. The molecule has 0 saturated carbocycles. The van der Waals surface area contributed by atoms with Gasteiger partial charge < -0.3 is 14.8 Å². The second-order valence-electron chi connectivity index (χ2n) is 4.46. The zero-order valence-electron chi connectivity index (χ0n) is 12.3. The summed E-state index contributed by atoms with van der Waals surface area (Å²) in [5.41, 5.74) is 1.14. The van der Waals surface area contributed by atoms with Gasteiger partial charge >= 0.3 is 5.97 Å². The normalized spacial score (nSPS) is 15.9. The van der Waals surface area contributed by atoms with Crippen LogP contribution in [-0.4, -0.2) is 42.2 Å². The first-order valence-electron chi connectivity index (χ1n) is 6.69. The maximum absolute atomic E-state index is 12.3. The maximum Gasteiger partial charge on any atom is 0.326 e. The molecule has 0 spiro atoms. The van der Waals surface area contributed by atoms with Gasteiger partial charge in [0.1, 0.15) is 18.0 Å². The zero-order chi connectivity index (χ0) is 16.1. The molecular formula is C15H16N2O4S. The maximum atomic E-state index is 12.3. The van der Waals surface area contributed by atoms with E-state index in [-0.39, 0.29) is 24.2 Å². The average molecular weight is 320 g/mol. The number of amides is 1. The van der Waals surface area contributed by atoms with E-state index in [1.54, 1.807) is 32.2 Å². The standard InChI is InChI=1S/C15H16N2O4S/c1-3-21-13(18)9-17-14(19)12(16-15(17)22)8-10-4-6-11(20-2)7-5-10/h4-8H,3,9H2,1-2H3,(H,16,22)/b12-8-. The third-order valence-electron chi connectivity index (χ3n) is 2.98. The highest BCUT2D eigenvalue weighted by Gasteiger charge is 2.32. The van der Waals surface area contributed by atoms with Crippen LogP contribution in [0.1, 0.15) is 12.5 Å². The number of hydrogen-bond donors (Lipinski definition) is 1. The quantitative estimate of drug-likeness (QED) is 0.501. The lowest BCUT2D eigenvalue weighted by Crippen LogP contribution is -2.36. The fourth-order valence-corrected chi connectivity index (χ4v) is 2.18. The summed E-state index contributed by atoms with van der Waals surface area (Å²) in [5, 5.41) is 3.00. The van der Waals surface area contributed by atoms with Crippen molar-refractivity contribution in [2.45, 2.75) is 6.92 Å². The minimum atomic E-state index is -0.495. The number of rotatable bonds is 5. The molecule has 1 N–H and O–H groups in total. The van der Waals surface area contributed by atoms with E-state index in [9.17, 15) is 9.59 Å². The van der Waals surface area contributed by atoms with E-state index in [4.69, 9.17) is 21.7 Å². The van der Waals surface area contributed by atoms with Crippen LogP contribution >= 0.6 is 12.2 Å². The number of benzene rings is 1. The van der Waals surface area contributed by atoms with Gasteiger partial charge in [0.25, 0.3) is 5.91 Å². The zero-order valence-corrected chi connectivity index (χ0v) is 13.1. The fourth-order valence-electron chi connectivity index (χ4n) is 1.92. The smallest absolute Gasteiger partial charge is 0.326 e. The molecule has 0 unspecified atom stereocenters. The van der Waals surface area contributed by atoms with Crippen LogP contribution in [0.25, 0.3) is 6.08 Å². The number of thiocarbonyl (C=S) groups is 1. The summed E-state index contributed by atoms with van der Waals surface area (Å²) in [6, 6.07) is 7.22. The molecule has 1 fully saturated rings. The molecule has 0 aliphatic carbocycles. The number of ether oxygens (including phenoxy) is 2. The fraction of sp³-hybridized carbons (Fsp3) is 0.267. The lowest BCUT2D eigenvalue weighted by atomic mass is 10.2. The monoisotopic (exact) mass is 320 g/mol. The molecule has 2 rings (SSSR count). The van der Waals surface area contributed by atoms with Crippen molar-refractivity contribution >= 4 is 35.3 Å². The van der Waals surface area contributed by atoms with Crippen molar-refractivity contribution in [3.05, 3.63) is 35.5 Å². The van der Waals surface area contributed by atoms with Gasteiger partial charge in [0.05, 0.1) is 13.7 Å². The molecular weight excluding hydrogens is 304 g/mol. The van der Waals surface area contributed by atoms with Crippen molar-refractivity contribution in [2.75, 3.05) is 20.3 Å². The molecule has 1 aliphatic rings. The van der Waals surface area contributed by atoms with Crippen molar-refractivity contribution in [1.82, 2.24) is 10.2 Å². The predicted octanol–water partition coefficient (Wildman–Crippen LogP) is 1.32. The number of methoxy groups -OCH3 is 1. The van der Waals surface area contributed by atoms with Crippen LogP contribution in [0.4, 0.5) is 0 Å². The third kappa shape index (κ3) is 3.62. The Bertz CT molecular complexity index is 625. The molecule has 6 nitrogen and oxygen atoms in total. The number of carbonyl (C=O) groups excluding carboxylic acids is 2. The topological polar surface area (TPSA) is 67.9 Å². The number of nitrogens with zero attached hydrogens (tertiary/aromatic N) is 1. The van der Waals surface area contributed by atoms with Crippen LogP contribution in [0.2, 0.25) is 0 Å². The molecule has 1 heterocycles. The first kappa shape index (κ1) is 16.0. The highest BCUT2D eigenvalue weighted by Crippen LogP contribution is 2.17. The summed E-state index contributed by atoms with van der Waals surface area (Å²) in [5.74, 6) is -0.119. The van der Waals surface area contributed by atoms with Gasteiger partial charge in [-0.05, 0) is 42.9 Å². The van der Waals surface area contributed by atoms with Crippen LogP contribution < -0.4 is 10.1 Å². The van der Waals surface area contributed by atoms with Crippen LogP contribution in [0.5, 0.6) is 5.75 Å². The minimum absolute atomic E-state index is 0.192. The molecule has 1 saturated heterocycles. The van der Waals surface area contributed by atoms with Crippen molar-refractivity contribution in [2.24, 2.45) is 0 Å². The molecule has 0 atom stereocenters. The Balaban J connectivity index is 2.12. The molecule has 0 aromatic heterocycles. The Kier molecular flexibility index (Phi) is 5.11. The molecule has 1 amide bonds. The Labute approximate surface area is 133 Å². The van der Waals surface area contributed by atoms with E-state index >= 15 is 0 Å². The van der Waals surface area contributed by atoms with Crippen LogP contribution in [0.15, 0.2) is 30.0 Å². The minimum Gasteiger partial charge on any atom is -0.497 e. The Morgan fingerprint density at radius 2 is 2.05 bits per heavy atom. The van der Waals surface area contributed by atoms with Gasteiger partial charge in [-0.25, -0.2) is 0 Å². The van der Waals surface area contributed by atoms with Gasteiger partial charge in [0.15, 0.2) is 5.11 Å². The van der Waals surface area contributed by atoms with Crippen LogP contribution in [0, 0.1) is 0 Å². The van der Waals surface area contributed by atoms with E-state index in [2.05, 4.69) is 5.32 Å². The highest BCUT2D eigenvalue weighted by molar-refractivity contribution is 7.80. The largest absolute Gasteiger partial charge is 0.497 e. The lowest BCUT2D eigenvalue weighted by Gasteiger charge is -2.12. The molecule has 1 aromatic carbocycles. The molecule has 0 bridgehead atoms. The second kappa shape index (κ2) is 7.04. The van der Waals surface area contributed by atoms with E-state index in [1.807, 2.05) is 12.1 Å². The number of carbonyl (C=O) groups is 2. The summed E-state index contributed by atoms with van der Waals surface area (Å²) >= 11 is 5.08. The predicted molar refractivity (Wildman–Crippen MR) is 85.1 cm³/mol. The Hall–Kier alpha value is -2.41. The molecule has 0 radical (unpaired) electrons. The van der Waals surface area contributed by atoms with Gasteiger partial charge in [0.2, 0.25) is 0 Å². The molecule has 7 heteroatoms. The summed E-state index contributed by atoms with van der Waals surface area (Å²) in [7, 11) is 1.58. The first-order chi connectivity index (χ1) is 10.5. The van der Waals surface area contributed by atoms with Gasteiger partial charge in [-0.3, -0.25) is 14.5 Å². The Morgan fingerprint density at radius 1 is 1.36 bits per heavy atom. The van der Waals surface area contributed by atoms with E-state index in [0.29, 0.717) is 5.70 Å². The first-order valence-corrected chi connectivity index (χ1v) is 7.10. The van der Waals surface area contributed by atoms with Gasteiger partial charge in [-0.15, -0.1) is 0 Å². The van der Waals surface area contributed by atoms with E-state index < -0.39 is 5.97 Å². The summed E-state index contributed by atoms with van der Waals surface area (Å²) in [6.45, 7) is 1.77. The van der Waals surface area contributed by atoms with Gasteiger partial charge in [0, 0.05) is 0 Å². The molecule has 22 heavy (non-hydrogen) atoms. The molecule has 1 aliphatic heterocycles.